The van der Waals surface area contributed by atoms with Gasteiger partial charge in [0.1, 0.15) is 0 Å². The number of carbonyl (C=O) groups is 1. The van der Waals surface area contributed by atoms with Crippen LogP contribution in [0.4, 0.5) is 0 Å². The Kier molecular flexibility index (Phi) is 4.13. The minimum absolute atomic E-state index is 0.0538. The van der Waals surface area contributed by atoms with Gasteiger partial charge in [0.05, 0.1) is 0 Å². The normalized spacial score (nSPS) is 14.9. The third-order valence-corrected chi connectivity index (χ3v) is 5.07. The first-order valence-electron chi connectivity index (χ1n) is 6.75. The Labute approximate surface area is 137 Å². The average molecular weight is 397 g/mol. The van der Waals surface area contributed by atoms with Crippen LogP contribution in [0.5, 0.6) is 0 Å². The van der Waals surface area contributed by atoms with Crippen molar-refractivity contribution < 1.29 is 4.79 Å². The Morgan fingerprint density at radius 2 is 1.95 bits per heavy atom. The van der Waals surface area contributed by atoms with Crippen LogP contribution in [0, 0.1) is 3.57 Å². The van der Waals surface area contributed by atoms with E-state index in [-0.39, 0.29) is 5.78 Å². The quantitative estimate of drug-likeness (QED) is 0.498. The van der Waals surface area contributed by atoms with E-state index < -0.39 is 0 Å². The lowest BCUT2D eigenvalue weighted by Crippen LogP contribution is -2.10. The molecule has 1 saturated carbocycles. The summed E-state index contributed by atoms with van der Waals surface area (Å²) >= 11 is 8.19. The highest BCUT2D eigenvalue weighted by Crippen LogP contribution is 2.36. The van der Waals surface area contributed by atoms with Crippen LogP contribution in [-0.2, 0) is 0 Å². The van der Waals surface area contributed by atoms with E-state index >= 15 is 0 Å². The molecule has 0 saturated heterocycles. The predicted molar refractivity (Wildman–Crippen MR) is 90.6 cm³/mol. The van der Waals surface area contributed by atoms with Gasteiger partial charge in [0.2, 0.25) is 0 Å². The van der Waals surface area contributed by atoms with Crippen molar-refractivity contribution in [3.05, 3.63) is 67.7 Å². The SMILES string of the molecule is O=C(c1cccc(C2CCC2)c1)c1cc(Cl)ccc1I. The fourth-order valence-corrected chi connectivity index (χ4v) is 3.25. The van der Waals surface area contributed by atoms with Crippen molar-refractivity contribution in [2.75, 3.05) is 0 Å². The Balaban J connectivity index is 1.95. The van der Waals surface area contributed by atoms with Gasteiger partial charge < -0.3 is 0 Å². The van der Waals surface area contributed by atoms with E-state index in [4.69, 9.17) is 11.6 Å². The summed E-state index contributed by atoms with van der Waals surface area (Å²) in [5.74, 6) is 0.694. The monoisotopic (exact) mass is 396 g/mol. The summed E-state index contributed by atoms with van der Waals surface area (Å²) in [5, 5.41) is 0.601. The molecule has 2 aromatic rings. The molecule has 20 heavy (non-hydrogen) atoms. The van der Waals surface area contributed by atoms with Gasteiger partial charge >= 0.3 is 0 Å². The second-order valence-electron chi connectivity index (χ2n) is 5.21. The summed E-state index contributed by atoms with van der Waals surface area (Å²) in [4.78, 5) is 12.6. The summed E-state index contributed by atoms with van der Waals surface area (Å²) in [6.45, 7) is 0. The lowest BCUT2D eigenvalue weighted by Gasteiger charge is -2.26. The molecular formula is C17H14ClIO. The zero-order valence-electron chi connectivity index (χ0n) is 10.9. The largest absolute Gasteiger partial charge is 0.289 e. The molecule has 0 N–H and O–H groups in total. The van der Waals surface area contributed by atoms with E-state index in [0.717, 1.165) is 9.13 Å². The Hall–Kier alpha value is -0.870. The molecule has 1 fully saturated rings. The molecule has 0 bridgehead atoms. The van der Waals surface area contributed by atoms with E-state index in [0.29, 0.717) is 16.5 Å². The first kappa shape index (κ1) is 14.1. The van der Waals surface area contributed by atoms with Gasteiger partial charge in [0.15, 0.2) is 5.78 Å². The first-order valence-corrected chi connectivity index (χ1v) is 8.20. The predicted octanol–water partition coefficient (Wildman–Crippen LogP) is 5.44. The van der Waals surface area contributed by atoms with Crippen molar-refractivity contribution in [3.63, 3.8) is 0 Å². The number of benzene rings is 2. The van der Waals surface area contributed by atoms with Crippen LogP contribution < -0.4 is 0 Å². The van der Waals surface area contributed by atoms with E-state index in [1.54, 1.807) is 6.07 Å². The summed E-state index contributed by atoms with van der Waals surface area (Å²) in [6, 6.07) is 13.5. The lowest BCUT2D eigenvalue weighted by atomic mass is 9.79. The average Bonchev–Trinajstić information content (AvgIpc) is 2.39. The Morgan fingerprint density at radius 3 is 2.65 bits per heavy atom. The van der Waals surface area contributed by atoms with E-state index in [1.807, 2.05) is 30.3 Å². The van der Waals surface area contributed by atoms with Crippen LogP contribution in [0.2, 0.25) is 5.02 Å². The van der Waals surface area contributed by atoms with Crippen molar-refractivity contribution in [3.8, 4) is 0 Å². The molecule has 1 nitrogen and oxygen atoms in total. The highest BCUT2D eigenvalue weighted by molar-refractivity contribution is 14.1. The van der Waals surface area contributed by atoms with Crippen molar-refractivity contribution in [1.29, 1.82) is 0 Å². The number of carbonyl (C=O) groups excluding carboxylic acids is 1. The lowest BCUT2D eigenvalue weighted by molar-refractivity contribution is 0.103. The maximum atomic E-state index is 12.6. The number of ketones is 1. The van der Waals surface area contributed by atoms with Gasteiger partial charge in [0, 0.05) is 19.7 Å². The molecule has 0 aliphatic heterocycles. The molecule has 3 heteroatoms. The van der Waals surface area contributed by atoms with E-state index in [2.05, 4.69) is 28.7 Å². The molecule has 2 aromatic carbocycles. The maximum absolute atomic E-state index is 12.6. The highest BCUT2D eigenvalue weighted by Gasteiger charge is 2.21. The fourth-order valence-electron chi connectivity index (χ4n) is 2.50. The van der Waals surface area contributed by atoms with Crippen LogP contribution in [0.1, 0.15) is 46.7 Å². The zero-order valence-corrected chi connectivity index (χ0v) is 13.8. The summed E-state index contributed by atoms with van der Waals surface area (Å²) in [6.07, 6.45) is 3.79. The standard InChI is InChI=1S/C17H14ClIO/c18-14-7-8-16(19)15(10-14)17(20)13-6-2-5-12(9-13)11-3-1-4-11/h2,5-11H,1,3-4H2. The van der Waals surface area contributed by atoms with E-state index in [9.17, 15) is 4.79 Å². The molecule has 0 atom stereocenters. The highest BCUT2D eigenvalue weighted by atomic mass is 127. The van der Waals surface area contributed by atoms with Gasteiger partial charge in [-0.2, -0.15) is 0 Å². The topological polar surface area (TPSA) is 17.1 Å². The first-order chi connectivity index (χ1) is 9.65. The molecule has 0 unspecified atom stereocenters. The van der Waals surface area contributed by atoms with Crippen LogP contribution in [0.25, 0.3) is 0 Å². The number of hydrogen-bond acceptors (Lipinski definition) is 1. The Bertz CT molecular complexity index is 662. The van der Waals surface area contributed by atoms with Crippen LogP contribution in [-0.4, -0.2) is 5.78 Å². The van der Waals surface area contributed by atoms with Crippen molar-refractivity contribution in [2.24, 2.45) is 0 Å². The third-order valence-electron chi connectivity index (χ3n) is 3.90. The van der Waals surface area contributed by atoms with Crippen molar-refractivity contribution >= 4 is 40.0 Å². The molecule has 1 aliphatic rings. The molecule has 102 valence electrons. The smallest absolute Gasteiger partial charge is 0.194 e. The molecule has 1 aliphatic carbocycles. The van der Waals surface area contributed by atoms with Gasteiger partial charge in [-0.05, 0) is 71.2 Å². The van der Waals surface area contributed by atoms with Gasteiger partial charge in [-0.15, -0.1) is 0 Å². The Morgan fingerprint density at radius 1 is 1.15 bits per heavy atom. The van der Waals surface area contributed by atoms with Crippen LogP contribution in [0.3, 0.4) is 0 Å². The maximum Gasteiger partial charge on any atom is 0.194 e. The second-order valence-corrected chi connectivity index (χ2v) is 6.81. The minimum Gasteiger partial charge on any atom is -0.289 e. The number of hydrogen-bond donors (Lipinski definition) is 0. The van der Waals surface area contributed by atoms with Gasteiger partial charge in [0.25, 0.3) is 0 Å². The molecule has 0 amide bonds. The molecule has 0 aromatic heterocycles. The van der Waals surface area contributed by atoms with Gasteiger partial charge in [-0.3, -0.25) is 4.79 Å². The fraction of sp³-hybridized carbons (Fsp3) is 0.235. The minimum atomic E-state index is 0.0538. The number of halogens is 2. The van der Waals surface area contributed by atoms with Gasteiger partial charge in [-0.1, -0.05) is 36.2 Å². The third kappa shape index (κ3) is 2.77. The van der Waals surface area contributed by atoms with Gasteiger partial charge in [-0.25, -0.2) is 0 Å². The summed E-state index contributed by atoms with van der Waals surface area (Å²) in [5.41, 5.74) is 2.73. The van der Waals surface area contributed by atoms with Crippen LogP contribution >= 0.6 is 34.2 Å². The van der Waals surface area contributed by atoms with Crippen molar-refractivity contribution in [2.45, 2.75) is 25.2 Å². The summed E-state index contributed by atoms with van der Waals surface area (Å²) < 4.78 is 0.936. The second kappa shape index (κ2) is 5.86. The van der Waals surface area contributed by atoms with E-state index in [1.165, 1.54) is 24.8 Å². The molecular weight excluding hydrogens is 383 g/mol. The molecule has 0 spiro atoms. The molecule has 0 heterocycles. The molecule has 0 radical (unpaired) electrons. The number of rotatable bonds is 3. The summed E-state index contributed by atoms with van der Waals surface area (Å²) in [7, 11) is 0. The zero-order chi connectivity index (χ0) is 14.1. The van der Waals surface area contributed by atoms with Crippen molar-refractivity contribution in [1.82, 2.24) is 0 Å². The van der Waals surface area contributed by atoms with Crippen LogP contribution in [0.15, 0.2) is 42.5 Å². The molecule has 3 rings (SSSR count).